The second-order valence-corrected chi connectivity index (χ2v) is 4.89. The zero-order valence-corrected chi connectivity index (χ0v) is 8.73. The third kappa shape index (κ3) is 2.00. The highest BCUT2D eigenvalue weighted by Gasteiger charge is 2.22. The van der Waals surface area contributed by atoms with E-state index in [0.29, 0.717) is 5.25 Å². The van der Waals surface area contributed by atoms with Gasteiger partial charge >= 0.3 is 0 Å². The Bertz CT molecular complexity index is 315. The molecule has 66 valence electrons. The van der Waals surface area contributed by atoms with E-state index in [1.165, 1.54) is 28.8 Å². The Morgan fingerprint density at radius 3 is 2.46 bits per heavy atom. The van der Waals surface area contributed by atoms with Gasteiger partial charge in [-0.1, -0.05) is 29.7 Å². The van der Waals surface area contributed by atoms with Gasteiger partial charge in [0.2, 0.25) is 0 Å². The van der Waals surface area contributed by atoms with E-state index in [1.54, 1.807) is 0 Å². The molecule has 1 aliphatic rings. The van der Waals surface area contributed by atoms with E-state index in [0.717, 1.165) is 0 Å². The van der Waals surface area contributed by atoms with Gasteiger partial charge in [0.05, 0.1) is 0 Å². The molecule has 2 heteroatoms. The fourth-order valence-corrected chi connectivity index (χ4v) is 2.53. The largest absolute Gasteiger partial charge is 0.139 e. The Labute approximate surface area is 84.8 Å². The molecule has 0 amide bonds. The topological polar surface area (TPSA) is 0 Å². The summed E-state index contributed by atoms with van der Waals surface area (Å²) in [6, 6.07) is 8.74. The van der Waals surface area contributed by atoms with Crippen molar-refractivity contribution in [1.29, 1.82) is 0 Å². The van der Waals surface area contributed by atoms with Crippen molar-refractivity contribution in [3.63, 3.8) is 0 Å². The highest BCUT2D eigenvalue weighted by molar-refractivity contribution is 8.00. The summed E-state index contributed by atoms with van der Waals surface area (Å²) in [4.78, 5) is 1.37. The fourth-order valence-electron chi connectivity index (χ4n) is 1.39. The van der Waals surface area contributed by atoms with Crippen LogP contribution in [0.25, 0.3) is 0 Å². The molecule has 13 heavy (non-hydrogen) atoms. The lowest BCUT2D eigenvalue weighted by Gasteiger charge is -2.28. The van der Waals surface area contributed by atoms with Crippen molar-refractivity contribution in [3.8, 4) is 0 Å². The quantitative estimate of drug-likeness (QED) is 0.503. The summed E-state index contributed by atoms with van der Waals surface area (Å²) in [6.07, 6.45) is 2.53. The maximum Gasteiger partial charge on any atom is 0.139 e. The lowest BCUT2D eigenvalue weighted by Crippen LogP contribution is -2.16. The van der Waals surface area contributed by atoms with Gasteiger partial charge in [0.1, 0.15) is 7.85 Å². The van der Waals surface area contributed by atoms with Crippen LogP contribution in [-0.4, -0.2) is 13.1 Å². The first-order chi connectivity index (χ1) is 6.25. The van der Waals surface area contributed by atoms with E-state index in [9.17, 15) is 0 Å². The maximum atomic E-state index is 4.03. The van der Waals surface area contributed by atoms with Crippen LogP contribution in [0.2, 0.25) is 0 Å². The Balaban J connectivity index is 2.01. The Morgan fingerprint density at radius 1 is 1.31 bits per heavy atom. The molecule has 0 radical (unpaired) electrons. The van der Waals surface area contributed by atoms with Gasteiger partial charge in [-0.05, 0) is 25.0 Å². The second kappa shape index (κ2) is 3.63. The van der Waals surface area contributed by atoms with E-state index < -0.39 is 0 Å². The van der Waals surface area contributed by atoms with Gasteiger partial charge in [0, 0.05) is 10.1 Å². The molecule has 1 aliphatic carbocycles. The standard InChI is InChI=1S/C11H13BS/c1-8-2-7-11(8)13-10-5-3-9(12)4-6-10/h3-6,11H,1-2,7,12H2. The van der Waals surface area contributed by atoms with E-state index in [1.807, 2.05) is 11.8 Å². The van der Waals surface area contributed by atoms with Crippen LogP contribution in [0.1, 0.15) is 12.8 Å². The van der Waals surface area contributed by atoms with E-state index in [2.05, 4.69) is 38.7 Å². The summed E-state index contributed by atoms with van der Waals surface area (Å²) in [5, 5.41) is 0.683. The van der Waals surface area contributed by atoms with E-state index in [4.69, 9.17) is 0 Å². The van der Waals surface area contributed by atoms with Crippen LogP contribution in [0.15, 0.2) is 41.3 Å². The monoisotopic (exact) mass is 188 g/mol. The van der Waals surface area contributed by atoms with Gasteiger partial charge in [-0.3, -0.25) is 0 Å². The summed E-state index contributed by atoms with van der Waals surface area (Å²) >= 11 is 1.95. The third-order valence-corrected chi connectivity index (χ3v) is 3.88. The fraction of sp³-hybridized carbons (Fsp3) is 0.273. The molecule has 0 aromatic heterocycles. The average molecular weight is 188 g/mol. The Kier molecular flexibility index (Phi) is 2.50. The van der Waals surface area contributed by atoms with Crippen molar-refractivity contribution in [2.45, 2.75) is 23.0 Å². The molecule has 1 saturated carbocycles. The summed E-state index contributed by atoms with van der Waals surface area (Å²) in [7, 11) is 2.12. The Morgan fingerprint density at radius 2 is 2.00 bits per heavy atom. The first-order valence-corrected chi connectivity index (χ1v) is 5.54. The first-order valence-electron chi connectivity index (χ1n) is 4.67. The molecule has 0 aliphatic heterocycles. The molecule has 0 heterocycles. The molecule has 0 nitrogen and oxygen atoms in total. The van der Waals surface area contributed by atoms with Gasteiger partial charge in [-0.25, -0.2) is 0 Å². The summed E-state index contributed by atoms with van der Waals surface area (Å²) in [6.45, 7) is 4.03. The van der Waals surface area contributed by atoms with Crippen LogP contribution in [-0.2, 0) is 0 Å². The lowest BCUT2D eigenvalue weighted by molar-refractivity contribution is 0.684. The third-order valence-electron chi connectivity index (χ3n) is 2.48. The van der Waals surface area contributed by atoms with E-state index >= 15 is 0 Å². The molecule has 0 N–H and O–H groups in total. The SMILES string of the molecule is Bc1ccc(SC2CCC2=C)cc1. The van der Waals surface area contributed by atoms with Gasteiger partial charge in [0.25, 0.3) is 0 Å². The predicted molar refractivity (Wildman–Crippen MR) is 62.6 cm³/mol. The highest BCUT2D eigenvalue weighted by Crippen LogP contribution is 2.39. The smallest absolute Gasteiger partial charge is 0.118 e. The normalized spacial score (nSPS) is 21.2. The molecule has 1 aromatic carbocycles. The molecular formula is C11H13BS. The zero-order chi connectivity index (χ0) is 9.26. The molecule has 1 unspecified atom stereocenters. The van der Waals surface area contributed by atoms with Crippen molar-refractivity contribution in [3.05, 3.63) is 36.4 Å². The molecule has 2 rings (SSSR count). The van der Waals surface area contributed by atoms with Crippen LogP contribution >= 0.6 is 11.8 Å². The average Bonchev–Trinajstić information content (AvgIpc) is 2.15. The van der Waals surface area contributed by atoms with Gasteiger partial charge in [0.15, 0.2) is 0 Å². The summed E-state index contributed by atoms with van der Waals surface area (Å²) < 4.78 is 0. The first kappa shape index (κ1) is 8.95. The van der Waals surface area contributed by atoms with Crippen LogP contribution < -0.4 is 5.46 Å². The number of rotatable bonds is 2. The van der Waals surface area contributed by atoms with Gasteiger partial charge in [-0.15, -0.1) is 11.8 Å². The highest BCUT2D eigenvalue weighted by atomic mass is 32.2. The van der Waals surface area contributed by atoms with Crippen molar-refractivity contribution >= 4 is 25.1 Å². The van der Waals surface area contributed by atoms with Crippen molar-refractivity contribution in [2.75, 3.05) is 0 Å². The minimum Gasteiger partial charge on any atom is -0.118 e. The van der Waals surface area contributed by atoms with Crippen LogP contribution in [0.4, 0.5) is 0 Å². The van der Waals surface area contributed by atoms with Crippen molar-refractivity contribution < 1.29 is 0 Å². The number of thioether (sulfide) groups is 1. The predicted octanol–water partition coefficient (Wildman–Crippen LogP) is 1.76. The lowest BCUT2D eigenvalue weighted by atomic mass is 9.94. The number of benzene rings is 1. The van der Waals surface area contributed by atoms with Crippen molar-refractivity contribution in [1.82, 2.24) is 0 Å². The molecule has 1 fully saturated rings. The molecule has 1 aromatic rings. The number of hydrogen-bond acceptors (Lipinski definition) is 1. The van der Waals surface area contributed by atoms with E-state index in [-0.39, 0.29) is 0 Å². The maximum absolute atomic E-state index is 4.03. The van der Waals surface area contributed by atoms with Crippen LogP contribution in [0.5, 0.6) is 0 Å². The van der Waals surface area contributed by atoms with Gasteiger partial charge < -0.3 is 0 Å². The summed E-state index contributed by atoms with van der Waals surface area (Å²) in [5.74, 6) is 0. The molecular weight excluding hydrogens is 175 g/mol. The zero-order valence-electron chi connectivity index (χ0n) is 7.92. The summed E-state index contributed by atoms with van der Waals surface area (Å²) in [5.41, 5.74) is 2.74. The molecule has 0 bridgehead atoms. The minimum atomic E-state index is 0.683. The molecule has 1 atom stereocenters. The molecule has 0 spiro atoms. The van der Waals surface area contributed by atoms with Gasteiger partial charge in [-0.2, -0.15) is 0 Å². The number of hydrogen-bond donors (Lipinski definition) is 0. The van der Waals surface area contributed by atoms with Crippen LogP contribution in [0.3, 0.4) is 0 Å². The Hall–Kier alpha value is -0.625. The second-order valence-electron chi connectivity index (χ2n) is 3.62. The van der Waals surface area contributed by atoms with Crippen LogP contribution in [0, 0.1) is 0 Å². The van der Waals surface area contributed by atoms with Crippen molar-refractivity contribution in [2.24, 2.45) is 0 Å². The molecule has 0 saturated heterocycles. The minimum absolute atomic E-state index is 0.683.